The van der Waals surface area contributed by atoms with E-state index in [9.17, 15) is 9.59 Å². The summed E-state index contributed by atoms with van der Waals surface area (Å²) in [5, 5.41) is -0.0240. The van der Waals surface area contributed by atoms with Crippen molar-refractivity contribution >= 4 is 35.0 Å². The molecule has 45 heavy (non-hydrogen) atoms. The first kappa shape index (κ1) is 37.5. The number of carbonyl (C=O) groups is 2. The Morgan fingerprint density at radius 3 is 2.00 bits per heavy atom. The highest BCUT2D eigenvalue weighted by molar-refractivity contribution is 6.78. The Morgan fingerprint density at radius 1 is 0.933 bits per heavy atom. The van der Waals surface area contributed by atoms with E-state index in [0.29, 0.717) is 16.6 Å². The Kier molecular flexibility index (Phi) is 11.4. The molecule has 0 saturated carbocycles. The lowest BCUT2D eigenvalue weighted by Crippen LogP contribution is -2.50. The number of aldehydes is 1. The van der Waals surface area contributed by atoms with E-state index >= 15 is 0 Å². The van der Waals surface area contributed by atoms with E-state index in [4.69, 9.17) is 13.6 Å². The molecule has 0 aliphatic heterocycles. The molecule has 252 valence electrons. The summed E-state index contributed by atoms with van der Waals surface area (Å²) in [7, 11) is -4.35. The van der Waals surface area contributed by atoms with Crippen molar-refractivity contribution in [2.24, 2.45) is 17.8 Å². The molecule has 0 fully saturated rings. The summed E-state index contributed by atoms with van der Waals surface area (Å²) in [6.07, 6.45) is 7.65. The van der Waals surface area contributed by atoms with E-state index in [2.05, 4.69) is 112 Å². The molecule has 0 aromatic heterocycles. The summed E-state index contributed by atoms with van der Waals surface area (Å²) in [6, 6.07) is 6.59. The third-order valence-corrected chi connectivity index (χ3v) is 21.1. The van der Waals surface area contributed by atoms with E-state index in [1.165, 1.54) is 5.56 Å². The predicted octanol–water partition coefficient (Wildman–Crippen LogP) is 10.5. The van der Waals surface area contributed by atoms with Gasteiger partial charge >= 0.3 is 5.97 Å². The number of hydrogen-bond donors (Lipinski definition) is 0. The van der Waals surface area contributed by atoms with Crippen molar-refractivity contribution in [3.05, 3.63) is 47.1 Å². The topological polar surface area (TPSA) is 61.8 Å². The molecule has 7 heteroatoms. The zero-order chi connectivity index (χ0) is 34.3. The Hall–Kier alpha value is -1.97. The SMILES string of the molecule is CC(C)[Si](Oc1ccc2c(c1)C=C[C@H]1[C@H](CC(=O)OC(C)(C)C)C([C@@H](O[Si](C)(C)C(C)(C)C)[C@H](C)C=O)=C[C@@H]21)(C(C)C)C(C)C. The molecular weight excluding hydrogens is 593 g/mol. The molecule has 0 spiro atoms. The minimum Gasteiger partial charge on any atom is -0.543 e. The van der Waals surface area contributed by atoms with Gasteiger partial charge in [-0.15, -0.1) is 0 Å². The van der Waals surface area contributed by atoms with Gasteiger partial charge in [-0.2, -0.15) is 0 Å². The fourth-order valence-corrected chi connectivity index (χ4v) is 14.1. The lowest BCUT2D eigenvalue weighted by molar-refractivity contribution is -0.156. The fourth-order valence-electron chi connectivity index (χ4n) is 7.47. The molecule has 2 aliphatic carbocycles. The number of hydrogen-bond acceptors (Lipinski definition) is 5. The lowest BCUT2D eigenvalue weighted by atomic mass is 9.75. The molecule has 5 nitrogen and oxygen atoms in total. The van der Waals surface area contributed by atoms with Crippen LogP contribution in [0.2, 0.25) is 34.8 Å². The number of rotatable bonds is 12. The molecule has 0 bridgehead atoms. The summed E-state index contributed by atoms with van der Waals surface area (Å²) in [5.41, 5.74) is 4.34. The Labute approximate surface area is 276 Å². The number of esters is 1. The predicted molar refractivity (Wildman–Crippen MR) is 193 cm³/mol. The minimum atomic E-state index is -2.25. The van der Waals surface area contributed by atoms with Crippen molar-refractivity contribution in [1.29, 1.82) is 0 Å². The molecule has 0 amide bonds. The molecule has 0 radical (unpaired) electrons. The molecule has 0 saturated heterocycles. The largest absolute Gasteiger partial charge is 0.543 e. The molecular formula is C38H62O5Si2. The number of benzene rings is 1. The average molecular weight is 655 g/mol. The monoisotopic (exact) mass is 654 g/mol. The molecule has 2 aliphatic rings. The van der Waals surface area contributed by atoms with Crippen LogP contribution in [0.4, 0.5) is 0 Å². The molecule has 0 N–H and O–H groups in total. The second-order valence-electron chi connectivity index (χ2n) is 17.0. The molecule has 1 aromatic carbocycles. The fraction of sp³-hybridized carbons (Fsp3) is 0.684. The first-order valence-corrected chi connectivity index (χ1v) is 22.2. The smallest absolute Gasteiger partial charge is 0.306 e. The van der Waals surface area contributed by atoms with E-state index in [0.717, 1.165) is 23.2 Å². The van der Waals surface area contributed by atoms with Crippen molar-refractivity contribution in [3.8, 4) is 5.75 Å². The van der Waals surface area contributed by atoms with E-state index in [1.54, 1.807) is 0 Å². The van der Waals surface area contributed by atoms with E-state index < -0.39 is 28.3 Å². The Bertz CT molecular complexity index is 1260. The van der Waals surface area contributed by atoms with Crippen molar-refractivity contribution < 1.29 is 23.2 Å². The van der Waals surface area contributed by atoms with Gasteiger partial charge in [0, 0.05) is 11.8 Å². The van der Waals surface area contributed by atoms with Gasteiger partial charge in [0.2, 0.25) is 0 Å². The first-order valence-electron chi connectivity index (χ1n) is 17.1. The second-order valence-corrected chi connectivity index (χ2v) is 27.2. The van der Waals surface area contributed by atoms with Crippen LogP contribution in [-0.4, -0.2) is 40.6 Å². The van der Waals surface area contributed by atoms with Gasteiger partial charge in [0.05, 0.1) is 12.5 Å². The highest BCUT2D eigenvalue weighted by Crippen LogP contribution is 2.52. The van der Waals surface area contributed by atoms with E-state index in [-0.39, 0.29) is 41.1 Å². The van der Waals surface area contributed by atoms with Crippen LogP contribution in [0.1, 0.15) is 113 Å². The first-order chi connectivity index (χ1) is 20.6. The van der Waals surface area contributed by atoms with Crippen LogP contribution < -0.4 is 4.43 Å². The van der Waals surface area contributed by atoms with Crippen molar-refractivity contribution in [1.82, 2.24) is 0 Å². The van der Waals surface area contributed by atoms with E-state index in [1.807, 2.05) is 27.7 Å². The second kappa shape index (κ2) is 13.6. The quantitative estimate of drug-likeness (QED) is 0.0971. The van der Waals surface area contributed by atoms with Crippen molar-refractivity contribution in [2.75, 3.05) is 0 Å². The van der Waals surface area contributed by atoms with Crippen LogP contribution in [0.15, 0.2) is 35.9 Å². The number of carbonyl (C=O) groups excluding carboxylic acids is 2. The molecule has 0 unspecified atom stereocenters. The zero-order valence-electron chi connectivity index (χ0n) is 30.9. The van der Waals surface area contributed by atoms with Crippen LogP contribution >= 0.6 is 0 Å². The summed E-state index contributed by atoms with van der Waals surface area (Å²) in [4.78, 5) is 25.7. The van der Waals surface area contributed by atoms with Gasteiger partial charge in [-0.05, 0) is 96.2 Å². The zero-order valence-corrected chi connectivity index (χ0v) is 32.9. The lowest BCUT2D eigenvalue weighted by Gasteiger charge is -2.42. The molecule has 1 aromatic rings. The highest BCUT2D eigenvalue weighted by Gasteiger charge is 2.49. The normalized spacial score (nSPS) is 21.8. The van der Waals surface area contributed by atoms with Crippen LogP contribution in [0.25, 0.3) is 6.08 Å². The highest BCUT2D eigenvalue weighted by atomic mass is 28.4. The van der Waals surface area contributed by atoms with Crippen LogP contribution in [0.3, 0.4) is 0 Å². The standard InChI is InChI=1S/C38H62O5Si2/c1-24(2)45(25(3)4,26(5)6)42-29-17-19-30-28(20-29)16-18-31-32(30)21-34(33(31)22-35(40)41-37(8,9)10)36(27(7)23-39)43-44(14,15)38(11,12)13/h16-21,23-27,31-33,36H,22H2,1-15H3/t27-,31-,32+,33+,36+/m1/s1. The van der Waals surface area contributed by atoms with Crippen molar-refractivity contribution in [2.45, 2.75) is 149 Å². The van der Waals surface area contributed by atoms with Gasteiger partial charge in [-0.25, -0.2) is 0 Å². The summed E-state index contributed by atoms with van der Waals surface area (Å²) in [6.45, 7) is 32.7. The maximum atomic E-state index is 13.3. The minimum absolute atomic E-state index is 0.0240. The number of allylic oxidation sites excluding steroid dienone is 2. The van der Waals surface area contributed by atoms with Gasteiger partial charge in [0.15, 0.2) is 8.32 Å². The van der Waals surface area contributed by atoms with Crippen LogP contribution in [0, 0.1) is 17.8 Å². The number of ether oxygens (including phenoxy) is 1. The third kappa shape index (κ3) is 7.95. The maximum Gasteiger partial charge on any atom is 0.306 e. The third-order valence-electron chi connectivity index (χ3n) is 10.7. The molecule has 3 rings (SSSR count). The Morgan fingerprint density at radius 2 is 1.51 bits per heavy atom. The van der Waals surface area contributed by atoms with Gasteiger partial charge in [0.25, 0.3) is 8.32 Å². The maximum absolute atomic E-state index is 13.3. The molecule has 5 atom stereocenters. The van der Waals surface area contributed by atoms with Crippen LogP contribution in [0.5, 0.6) is 5.75 Å². The van der Waals surface area contributed by atoms with Gasteiger partial charge in [0.1, 0.15) is 17.6 Å². The van der Waals surface area contributed by atoms with Gasteiger partial charge in [-0.1, -0.05) is 93.5 Å². The van der Waals surface area contributed by atoms with Gasteiger partial charge in [-0.3, -0.25) is 4.79 Å². The molecule has 0 heterocycles. The summed E-state index contributed by atoms with van der Waals surface area (Å²) >= 11 is 0. The van der Waals surface area contributed by atoms with Crippen LogP contribution in [-0.2, 0) is 18.8 Å². The Balaban J connectivity index is 2.11. The van der Waals surface area contributed by atoms with Crippen molar-refractivity contribution in [3.63, 3.8) is 0 Å². The summed E-state index contributed by atoms with van der Waals surface area (Å²) in [5.74, 6) is 0.419. The average Bonchev–Trinajstić information content (AvgIpc) is 3.25. The number of fused-ring (bicyclic) bond motifs is 3. The summed E-state index contributed by atoms with van der Waals surface area (Å²) < 4.78 is 19.9. The van der Waals surface area contributed by atoms with Gasteiger partial charge < -0.3 is 18.4 Å².